The van der Waals surface area contributed by atoms with Crippen LogP contribution in [0.3, 0.4) is 0 Å². The van der Waals surface area contributed by atoms with Crippen LogP contribution in [0.15, 0.2) is 51.7 Å². The molecule has 21 heavy (non-hydrogen) atoms. The second-order valence-corrected chi connectivity index (χ2v) is 4.24. The fraction of sp³-hybridized carbons (Fsp3) is 0.0667. The molecule has 0 fully saturated rings. The zero-order valence-electron chi connectivity index (χ0n) is 11.1. The molecule has 0 unspecified atom stereocenters. The molecular formula is C15H11NO5. The van der Waals surface area contributed by atoms with E-state index in [1.54, 1.807) is 30.3 Å². The summed E-state index contributed by atoms with van der Waals surface area (Å²) in [6.07, 6.45) is 3.01. The molecule has 0 bridgehead atoms. The van der Waals surface area contributed by atoms with Crippen molar-refractivity contribution < 1.29 is 23.8 Å². The number of nitrogens with zero attached hydrogens (tertiary/aromatic N) is 1. The van der Waals surface area contributed by atoms with Gasteiger partial charge >= 0.3 is 5.97 Å². The first kappa shape index (κ1) is 13.0. The maximum absolute atomic E-state index is 11.8. The molecule has 0 saturated carbocycles. The summed E-state index contributed by atoms with van der Waals surface area (Å²) in [5, 5.41) is 9.54. The van der Waals surface area contributed by atoms with Gasteiger partial charge in [0.05, 0.1) is 13.4 Å². The van der Waals surface area contributed by atoms with Gasteiger partial charge in [0.25, 0.3) is 5.90 Å². The molecule has 0 spiro atoms. The average Bonchev–Trinajstić information content (AvgIpc) is 3.11. The summed E-state index contributed by atoms with van der Waals surface area (Å²) < 4.78 is 15.2. The van der Waals surface area contributed by atoms with Crippen LogP contribution in [0, 0.1) is 0 Å². The number of methoxy groups -OCH3 is 1. The lowest BCUT2D eigenvalue weighted by Gasteiger charge is -2.03. The van der Waals surface area contributed by atoms with Gasteiger partial charge < -0.3 is 19.0 Å². The lowest BCUT2D eigenvalue weighted by atomic mass is 10.1. The fourth-order valence-electron chi connectivity index (χ4n) is 1.86. The number of furan rings is 1. The zero-order chi connectivity index (χ0) is 14.8. The minimum atomic E-state index is -0.562. The summed E-state index contributed by atoms with van der Waals surface area (Å²) in [5.74, 6) is 0.282. The Morgan fingerprint density at radius 3 is 2.90 bits per heavy atom. The van der Waals surface area contributed by atoms with Gasteiger partial charge in [-0.3, -0.25) is 0 Å². The molecule has 0 radical (unpaired) electrons. The van der Waals surface area contributed by atoms with Gasteiger partial charge in [0.15, 0.2) is 23.0 Å². The van der Waals surface area contributed by atoms with Gasteiger partial charge in [0, 0.05) is 0 Å². The highest BCUT2D eigenvalue weighted by Crippen LogP contribution is 2.28. The molecule has 0 aliphatic carbocycles. The van der Waals surface area contributed by atoms with Crippen molar-refractivity contribution in [2.75, 3.05) is 7.11 Å². The number of aliphatic imine (C=N–C) groups is 1. The van der Waals surface area contributed by atoms with Crippen LogP contribution in [0.25, 0.3) is 6.08 Å². The molecule has 1 aromatic carbocycles. The second-order valence-electron chi connectivity index (χ2n) is 4.24. The van der Waals surface area contributed by atoms with Gasteiger partial charge in [-0.2, -0.15) is 0 Å². The second kappa shape index (κ2) is 5.16. The van der Waals surface area contributed by atoms with E-state index in [2.05, 4.69) is 4.99 Å². The van der Waals surface area contributed by atoms with Crippen LogP contribution in [-0.4, -0.2) is 24.1 Å². The minimum absolute atomic E-state index is 0.0217. The Bertz CT molecular complexity index is 743. The first-order valence-corrected chi connectivity index (χ1v) is 6.11. The molecule has 1 aliphatic heterocycles. The highest BCUT2D eigenvalue weighted by molar-refractivity contribution is 6.11. The van der Waals surface area contributed by atoms with Crippen LogP contribution in [0.2, 0.25) is 0 Å². The predicted molar refractivity (Wildman–Crippen MR) is 74.0 cm³/mol. The number of hydrogen-bond acceptors (Lipinski definition) is 6. The molecule has 106 valence electrons. The van der Waals surface area contributed by atoms with E-state index in [9.17, 15) is 9.90 Å². The van der Waals surface area contributed by atoms with E-state index in [-0.39, 0.29) is 17.3 Å². The summed E-state index contributed by atoms with van der Waals surface area (Å²) in [5.41, 5.74) is 0.801. The van der Waals surface area contributed by atoms with Gasteiger partial charge in [0.1, 0.15) is 0 Å². The first-order valence-electron chi connectivity index (χ1n) is 6.11. The summed E-state index contributed by atoms with van der Waals surface area (Å²) in [6.45, 7) is 0. The van der Waals surface area contributed by atoms with Crippen LogP contribution in [0.1, 0.15) is 11.3 Å². The van der Waals surface area contributed by atoms with Crippen LogP contribution < -0.4 is 4.74 Å². The third-order valence-electron chi connectivity index (χ3n) is 2.86. The molecule has 3 rings (SSSR count). The highest BCUT2D eigenvalue weighted by Gasteiger charge is 2.25. The number of ether oxygens (including phenoxy) is 2. The molecule has 2 heterocycles. The zero-order valence-corrected chi connectivity index (χ0v) is 11.1. The first-order chi connectivity index (χ1) is 10.2. The number of hydrogen-bond donors (Lipinski definition) is 1. The van der Waals surface area contributed by atoms with E-state index < -0.39 is 5.97 Å². The maximum Gasteiger partial charge on any atom is 0.363 e. The third-order valence-corrected chi connectivity index (χ3v) is 2.86. The van der Waals surface area contributed by atoms with Crippen LogP contribution in [0.4, 0.5) is 0 Å². The molecule has 1 N–H and O–H groups in total. The van der Waals surface area contributed by atoms with Crippen LogP contribution in [0.5, 0.6) is 11.5 Å². The highest BCUT2D eigenvalue weighted by atomic mass is 16.6. The Kier molecular flexibility index (Phi) is 3.19. The summed E-state index contributed by atoms with van der Waals surface area (Å²) >= 11 is 0. The Morgan fingerprint density at radius 2 is 2.19 bits per heavy atom. The number of aromatic hydroxyl groups is 1. The number of rotatable bonds is 3. The molecule has 2 aromatic rings. The molecule has 6 nitrogen and oxygen atoms in total. The van der Waals surface area contributed by atoms with Crippen LogP contribution in [-0.2, 0) is 9.53 Å². The van der Waals surface area contributed by atoms with Gasteiger partial charge in [-0.1, -0.05) is 6.07 Å². The number of cyclic esters (lactones) is 1. The van der Waals surface area contributed by atoms with Crippen molar-refractivity contribution in [2.24, 2.45) is 4.99 Å². The quantitative estimate of drug-likeness (QED) is 0.691. The number of carbonyl (C=O) groups excluding carboxylic acids is 1. The summed E-state index contributed by atoms with van der Waals surface area (Å²) in [6, 6.07) is 8.04. The molecule has 0 saturated heterocycles. The molecule has 1 aromatic heterocycles. The monoisotopic (exact) mass is 285 g/mol. The van der Waals surface area contributed by atoms with Gasteiger partial charge in [-0.05, 0) is 35.9 Å². The number of esters is 1. The molecule has 0 atom stereocenters. The molecule has 0 amide bonds. The lowest BCUT2D eigenvalue weighted by molar-refractivity contribution is -0.130. The van der Waals surface area contributed by atoms with Gasteiger partial charge in [-0.25, -0.2) is 9.79 Å². The largest absolute Gasteiger partial charge is 0.504 e. The number of carbonyl (C=O) groups is 1. The van der Waals surface area contributed by atoms with Crippen molar-refractivity contribution >= 4 is 17.9 Å². The van der Waals surface area contributed by atoms with Crippen molar-refractivity contribution in [1.29, 1.82) is 0 Å². The van der Waals surface area contributed by atoms with Gasteiger partial charge in [0.2, 0.25) is 0 Å². The number of benzene rings is 1. The van der Waals surface area contributed by atoms with E-state index in [1.807, 2.05) is 0 Å². The maximum atomic E-state index is 11.8. The molecular weight excluding hydrogens is 274 g/mol. The standard InChI is InChI=1S/C15H11NO5/c1-19-13-8-9(4-5-11(13)17)7-10-15(18)21-14(16-10)12-3-2-6-20-12/h2-8,17H,1H3. The smallest absolute Gasteiger partial charge is 0.363 e. The minimum Gasteiger partial charge on any atom is -0.504 e. The number of phenols is 1. The summed E-state index contributed by atoms with van der Waals surface area (Å²) in [4.78, 5) is 15.9. The van der Waals surface area contributed by atoms with E-state index >= 15 is 0 Å². The lowest BCUT2D eigenvalue weighted by Crippen LogP contribution is -2.04. The van der Waals surface area contributed by atoms with Crippen LogP contribution >= 0.6 is 0 Å². The van der Waals surface area contributed by atoms with Crippen molar-refractivity contribution in [3.8, 4) is 11.5 Å². The molecule has 1 aliphatic rings. The van der Waals surface area contributed by atoms with E-state index in [1.165, 1.54) is 19.4 Å². The van der Waals surface area contributed by atoms with Crippen molar-refractivity contribution in [3.05, 3.63) is 53.6 Å². The van der Waals surface area contributed by atoms with E-state index in [0.717, 1.165) is 0 Å². The number of phenolic OH excluding ortho intramolecular Hbond substituents is 1. The van der Waals surface area contributed by atoms with Gasteiger partial charge in [-0.15, -0.1) is 0 Å². The van der Waals surface area contributed by atoms with E-state index in [0.29, 0.717) is 17.1 Å². The SMILES string of the molecule is COc1cc(C=C2N=C(c3ccco3)OC2=O)ccc1O. The Hall–Kier alpha value is -3.02. The Balaban J connectivity index is 1.94. The summed E-state index contributed by atoms with van der Waals surface area (Å²) in [7, 11) is 1.45. The topological polar surface area (TPSA) is 81.3 Å². The fourth-order valence-corrected chi connectivity index (χ4v) is 1.86. The van der Waals surface area contributed by atoms with E-state index in [4.69, 9.17) is 13.9 Å². The average molecular weight is 285 g/mol. The van der Waals surface area contributed by atoms with Crippen molar-refractivity contribution in [3.63, 3.8) is 0 Å². The third kappa shape index (κ3) is 2.51. The Labute approximate surface area is 119 Å². The normalized spacial score (nSPS) is 16.0. The van der Waals surface area contributed by atoms with Crippen molar-refractivity contribution in [1.82, 2.24) is 0 Å². The Morgan fingerprint density at radius 1 is 1.33 bits per heavy atom. The molecule has 6 heteroatoms. The van der Waals surface area contributed by atoms with Crippen molar-refractivity contribution in [2.45, 2.75) is 0 Å². The predicted octanol–water partition coefficient (Wildman–Crippen LogP) is 2.34.